The van der Waals surface area contributed by atoms with E-state index < -0.39 is 10.0 Å². The lowest BCUT2D eigenvalue weighted by molar-refractivity contribution is -0.130. The zero-order valence-corrected chi connectivity index (χ0v) is 17.2. The summed E-state index contributed by atoms with van der Waals surface area (Å²) in [7, 11) is -3.70. The predicted octanol–water partition coefficient (Wildman–Crippen LogP) is 2.44. The van der Waals surface area contributed by atoms with Gasteiger partial charge in [0, 0.05) is 31.9 Å². The molecule has 0 radical (unpaired) electrons. The monoisotopic (exact) mass is 401 g/mol. The molecular weight excluding hydrogens is 374 g/mol. The highest BCUT2D eigenvalue weighted by Gasteiger charge is 2.23. The summed E-state index contributed by atoms with van der Waals surface area (Å²) in [4.78, 5) is 16.6. The molecule has 28 heavy (non-hydrogen) atoms. The molecule has 150 valence electrons. The van der Waals surface area contributed by atoms with E-state index in [0.717, 1.165) is 24.3 Å². The Kier molecular flexibility index (Phi) is 6.36. The lowest BCUT2D eigenvalue weighted by atomic mass is 10.0. The molecule has 1 N–H and O–H groups in total. The maximum atomic E-state index is 12.4. The molecular formula is C21H27N3O3S. The maximum Gasteiger partial charge on any atom is 0.241 e. The minimum atomic E-state index is -3.70. The normalized spacial score (nSPS) is 15.1. The van der Waals surface area contributed by atoms with Crippen LogP contribution >= 0.6 is 0 Å². The zero-order chi connectivity index (χ0) is 20.1. The number of carbonyl (C=O) groups excluding carboxylic acids is 1. The molecule has 3 rings (SSSR count). The van der Waals surface area contributed by atoms with Crippen molar-refractivity contribution in [2.75, 3.05) is 37.6 Å². The Hall–Kier alpha value is -2.38. The summed E-state index contributed by atoms with van der Waals surface area (Å²) in [6.45, 7) is 6.52. The van der Waals surface area contributed by atoms with Crippen LogP contribution in [-0.2, 0) is 14.8 Å². The van der Waals surface area contributed by atoms with Crippen molar-refractivity contribution in [2.24, 2.45) is 0 Å². The van der Waals surface area contributed by atoms with Crippen molar-refractivity contribution in [3.8, 4) is 0 Å². The van der Waals surface area contributed by atoms with Crippen LogP contribution in [0.25, 0.3) is 0 Å². The van der Waals surface area contributed by atoms with Gasteiger partial charge in [-0.3, -0.25) is 4.79 Å². The molecule has 1 aliphatic heterocycles. The predicted molar refractivity (Wildman–Crippen MR) is 111 cm³/mol. The zero-order valence-electron chi connectivity index (χ0n) is 16.3. The maximum absolute atomic E-state index is 12.4. The third kappa shape index (κ3) is 4.91. The fourth-order valence-corrected chi connectivity index (χ4v) is 4.21. The molecule has 6 nitrogen and oxygen atoms in total. The number of piperazine rings is 1. The van der Waals surface area contributed by atoms with Crippen LogP contribution in [0.4, 0.5) is 5.69 Å². The van der Waals surface area contributed by atoms with Gasteiger partial charge in [0.1, 0.15) is 0 Å². The fourth-order valence-electron chi connectivity index (χ4n) is 3.24. The average Bonchev–Trinajstić information content (AvgIpc) is 2.73. The van der Waals surface area contributed by atoms with Gasteiger partial charge in [0.2, 0.25) is 15.9 Å². The van der Waals surface area contributed by atoms with Crippen molar-refractivity contribution in [1.29, 1.82) is 0 Å². The Balaban J connectivity index is 1.52. The van der Waals surface area contributed by atoms with Crippen LogP contribution in [0, 0.1) is 0 Å². The van der Waals surface area contributed by atoms with E-state index >= 15 is 0 Å². The average molecular weight is 402 g/mol. The molecule has 2 aromatic rings. The van der Waals surface area contributed by atoms with Crippen molar-refractivity contribution in [1.82, 2.24) is 9.62 Å². The van der Waals surface area contributed by atoms with Gasteiger partial charge in [-0.05, 0) is 35.7 Å². The Bertz CT molecular complexity index is 888. The molecule has 0 atom stereocenters. The second kappa shape index (κ2) is 8.75. The lowest BCUT2D eigenvalue weighted by Crippen LogP contribution is -2.51. The van der Waals surface area contributed by atoms with Gasteiger partial charge in [-0.25, -0.2) is 13.1 Å². The molecule has 1 aliphatic rings. The third-order valence-corrected chi connectivity index (χ3v) is 6.44. The molecule has 2 aromatic carbocycles. The SMILES string of the molecule is CC(C)c1ccc(S(=O)(=O)NCC(=O)N2CCN(c3ccccc3)CC2)cc1. The van der Waals surface area contributed by atoms with E-state index in [4.69, 9.17) is 0 Å². The minimum Gasteiger partial charge on any atom is -0.368 e. The molecule has 0 bridgehead atoms. The van der Waals surface area contributed by atoms with Gasteiger partial charge in [0.25, 0.3) is 0 Å². The van der Waals surface area contributed by atoms with Gasteiger partial charge in [0.15, 0.2) is 0 Å². The standard InChI is InChI=1S/C21H27N3O3S/c1-17(2)18-8-10-20(11-9-18)28(26,27)22-16-21(25)24-14-12-23(13-15-24)19-6-4-3-5-7-19/h3-11,17,22H,12-16H2,1-2H3. The van der Waals surface area contributed by atoms with Gasteiger partial charge in [0.05, 0.1) is 11.4 Å². The largest absolute Gasteiger partial charge is 0.368 e. The van der Waals surface area contributed by atoms with Crippen LogP contribution in [0.5, 0.6) is 0 Å². The van der Waals surface area contributed by atoms with E-state index in [-0.39, 0.29) is 17.3 Å². The quantitative estimate of drug-likeness (QED) is 0.807. The van der Waals surface area contributed by atoms with Gasteiger partial charge in [-0.2, -0.15) is 0 Å². The van der Waals surface area contributed by atoms with E-state index in [9.17, 15) is 13.2 Å². The van der Waals surface area contributed by atoms with Crippen LogP contribution < -0.4 is 9.62 Å². The number of nitrogens with one attached hydrogen (secondary N) is 1. The first-order chi connectivity index (χ1) is 13.4. The molecule has 0 aliphatic carbocycles. The van der Waals surface area contributed by atoms with E-state index in [0.29, 0.717) is 19.0 Å². The van der Waals surface area contributed by atoms with Crippen molar-refractivity contribution < 1.29 is 13.2 Å². The Morgan fingerprint density at radius 3 is 2.14 bits per heavy atom. The molecule has 1 heterocycles. The summed E-state index contributed by atoms with van der Waals surface area (Å²) >= 11 is 0. The molecule has 1 fully saturated rings. The summed E-state index contributed by atoms with van der Waals surface area (Å²) in [6, 6.07) is 16.9. The first-order valence-electron chi connectivity index (χ1n) is 9.54. The van der Waals surface area contributed by atoms with Gasteiger partial charge < -0.3 is 9.80 Å². The topological polar surface area (TPSA) is 69.7 Å². The lowest BCUT2D eigenvalue weighted by Gasteiger charge is -2.36. The number of hydrogen-bond acceptors (Lipinski definition) is 4. The molecule has 0 saturated carbocycles. The Morgan fingerprint density at radius 1 is 0.964 bits per heavy atom. The molecule has 1 amide bonds. The van der Waals surface area contributed by atoms with Crippen LogP contribution in [0.15, 0.2) is 59.5 Å². The second-order valence-electron chi connectivity index (χ2n) is 7.25. The number of carbonyl (C=O) groups is 1. The van der Waals surface area contributed by atoms with Crippen molar-refractivity contribution in [2.45, 2.75) is 24.7 Å². The van der Waals surface area contributed by atoms with Crippen LogP contribution in [-0.4, -0.2) is 51.9 Å². The highest BCUT2D eigenvalue weighted by Crippen LogP contribution is 2.18. The summed E-state index contributed by atoms with van der Waals surface area (Å²) in [5, 5.41) is 0. The summed E-state index contributed by atoms with van der Waals surface area (Å²) in [5.41, 5.74) is 2.21. The number of anilines is 1. The van der Waals surface area contributed by atoms with Crippen molar-refractivity contribution in [3.05, 3.63) is 60.2 Å². The summed E-state index contributed by atoms with van der Waals surface area (Å²) < 4.78 is 27.3. The fraction of sp³-hybridized carbons (Fsp3) is 0.381. The summed E-state index contributed by atoms with van der Waals surface area (Å²) in [6.07, 6.45) is 0. The van der Waals surface area contributed by atoms with Crippen molar-refractivity contribution >= 4 is 21.6 Å². The van der Waals surface area contributed by atoms with E-state index in [1.54, 1.807) is 17.0 Å². The smallest absolute Gasteiger partial charge is 0.241 e. The number of rotatable bonds is 6. The van der Waals surface area contributed by atoms with Crippen LogP contribution in [0.2, 0.25) is 0 Å². The second-order valence-corrected chi connectivity index (χ2v) is 9.02. The number of nitrogens with zero attached hydrogens (tertiary/aromatic N) is 2. The highest BCUT2D eigenvalue weighted by molar-refractivity contribution is 7.89. The van der Waals surface area contributed by atoms with Gasteiger partial charge >= 0.3 is 0 Å². The molecule has 0 aromatic heterocycles. The number of sulfonamides is 1. The molecule has 1 saturated heterocycles. The van der Waals surface area contributed by atoms with E-state index in [2.05, 4.69) is 35.6 Å². The third-order valence-electron chi connectivity index (χ3n) is 5.02. The first-order valence-corrected chi connectivity index (χ1v) is 11.0. The van der Waals surface area contributed by atoms with Crippen molar-refractivity contribution in [3.63, 3.8) is 0 Å². The highest BCUT2D eigenvalue weighted by atomic mass is 32.2. The number of hydrogen-bond donors (Lipinski definition) is 1. The van der Waals surface area contributed by atoms with E-state index in [1.807, 2.05) is 30.3 Å². The van der Waals surface area contributed by atoms with Gasteiger partial charge in [-0.15, -0.1) is 0 Å². The molecule has 7 heteroatoms. The first kappa shape index (κ1) is 20.4. The number of amides is 1. The number of para-hydroxylation sites is 1. The molecule has 0 spiro atoms. The van der Waals surface area contributed by atoms with E-state index in [1.165, 1.54) is 0 Å². The van der Waals surface area contributed by atoms with Crippen LogP contribution in [0.1, 0.15) is 25.3 Å². The Labute approximate surface area is 167 Å². The minimum absolute atomic E-state index is 0.179. The van der Waals surface area contributed by atoms with Gasteiger partial charge in [-0.1, -0.05) is 44.2 Å². The molecule has 0 unspecified atom stereocenters. The number of benzene rings is 2. The van der Waals surface area contributed by atoms with Crippen LogP contribution in [0.3, 0.4) is 0 Å². The Morgan fingerprint density at radius 2 is 1.57 bits per heavy atom. The summed E-state index contributed by atoms with van der Waals surface area (Å²) in [5.74, 6) is 0.135.